The molecule has 0 amide bonds. The molecule has 3 aromatic carbocycles. The normalized spacial score (nSPS) is 12.1. The van der Waals surface area contributed by atoms with Crippen LogP contribution in [-0.4, -0.2) is 39.0 Å². The average molecular weight is 556 g/mol. The highest BCUT2D eigenvalue weighted by Crippen LogP contribution is 2.34. The predicted octanol–water partition coefficient (Wildman–Crippen LogP) is 7.01. The summed E-state index contributed by atoms with van der Waals surface area (Å²) >= 11 is 0. The highest BCUT2D eigenvalue weighted by Gasteiger charge is 2.22. The van der Waals surface area contributed by atoms with Crippen molar-refractivity contribution < 1.29 is 29.2 Å². The van der Waals surface area contributed by atoms with Crippen molar-refractivity contribution in [2.24, 2.45) is 10.3 Å². The first-order valence-electron chi connectivity index (χ1n) is 13.6. The Morgan fingerprint density at radius 2 is 1.44 bits per heavy atom. The molecular weight excluding hydrogens is 522 g/mol. The number of hydrogen-bond donors (Lipinski definition) is 1. The maximum absolute atomic E-state index is 12.5. The smallest absolute Gasteiger partial charge is 0.336 e. The molecule has 0 spiro atoms. The monoisotopic (exact) mass is 555 g/mol. The van der Waals surface area contributed by atoms with Crippen LogP contribution in [0, 0.1) is 0 Å². The third-order valence-electron chi connectivity index (χ3n) is 6.76. The molecule has 0 saturated heterocycles. The molecule has 0 atom stereocenters. The third-order valence-corrected chi connectivity index (χ3v) is 6.76. The van der Waals surface area contributed by atoms with E-state index >= 15 is 0 Å². The van der Waals surface area contributed by atoms with Gasteiger partial charge in [-0.1, -0.05) is 79.0 Å². The first kappa shape index (κ1) is 29.2. The molecule has 0 aliphatic heterocycles. The number of carboxylic acid groups (broad SMARTS) is 1. The molecule has 0 saturated carbocycles. The van der Waals surface area contributed by atoms with Gasteiger partial charge in [-0.2, -0.15) is 0 Å². The van der Waals surface area contributed by atoms with Crippen LogP contribution in [0.1, 0.15) is 81.3 Å². The highest BCUT2D eigenvalue weighted by atomic mass is 16.7. The summed E-state index contributed by atoms with van der Waals surface area (Å²) in [5.74, 6) is -2.25. The number of benzene rings is 3. The number of hydrogen-bond acceptors (Lipinski definition) is 7. The largest absolute Gasteiger partial charge is 0.478 e. The Morgan fingerprint density at radius 3 is 2.10 bits per heavy atom. The van der Waals surface area contributed by atoms with Gasteiger partial charge < -0.3 is 19.3 Å². The van der Waals surface area contributed by atoms with Crippen LogP contribution in [0.3, 0.4) is 0 Å². The second kappa shape index (κ2) is 13.0. The van der Waals surface area contributed by atoms with E-state index in [4.69, 9.17) is 9.68 Å². The molecule has 1 aromatic heterocycles. The van der Waals surface area contributed by atoms with E-state index in [-0.39, 0.29) is 11.3 Å². The summed E-state index contributed by atoms with van der Waals surface area (Å²) in [6.07, 6.45) is 6.63. The van der Waals surface area contributed by atoms with Gasteiger partial charge in [0, 0.05) is 41.9 Å². The lowest BCUT2D eigenvalue weighted by atomic mass is 9.94. The molecule has 1 N–H and O–H groups in total. The fourth-order valence-electron chi connectivity index (χ4n) is 4.97. The molecule has 0 radical (unpaired) electrons. The minimum atomic E-state index is -1.14. The number of unbranched alkanes of at least 4 members (excludes halogenated alkanes) is 3. The summed E-state index contributed by atoms with van der Waals surface area (Å²) in [5.41, 5.74) is 3.57. The standard InChI is InChI=1S/C32H33N3O6/c1-5-6-7-8-16-28(34-41-22(4)37)27-19-35(29-17-12-11-14-24(27)29)30-18-26(32(38)39)31(20(2)33-40-21(3)36)25-15-10-9-13-23(25)30/h9-15,17-19H,5-8,16H2,1-4H3,(H,38,39)/b33-20+,34-28+. The van der Waals surface area contributed by atoms with Crippen molar-refractivity contribution in [3.8, 4) is 5.69 Å². The van der Waals surface area contributed by atoms with Crippen LogP contribution < -0.4 is 0 Å². The molecule has 0 bridgehead atoms. The molecule has 41 heavy (non-hydrogen) atoms. The second-order valence-corrected chi connectivity index (χ2v) is 9.79. The Hall–Kier alpha value is -4.79. The highest BCUT2D eigenvalue weighted by molar-refractivity contribution is 6.18. The number of rotatable bonds is 11. The number of aromatic nitrogens is 1. The first-order valence-corrected chi connectivity index (χ1v) is 13.6. The molecule has 4 rings (SSSR count). The molecule has 0 unspecified atom stereocenters. The van der Waals surface area contributed by atoms with Crippen molar-refractivity contribution in [3.05, 3.63) is 77.5 Å². The first-order chi connectivity index (χ1) is 19.7. The van der Waals surface area contributed by atoms with Gasteiger partial charge in [0.1, 0.15) is 0 Å². The van der Waals surface area contributed by atoms with E-state index in [1.807, 2.05) is 59.3 Å². The molecule has 0 fully saturated rings. The van der Waals surface area contributed by atoms with E-state index < -0.39 is 17.9 Å². The number of nitrogens with zero attached hydrogens (tertiary/aromatic N) is 3. The van der Waals surface area contributed by atoms with Crippen LogP contribution in [-0.2, 0) is 19.3 Å². The maximum atomic E-state index is 12.5. The Labute approximate surface area is 238 Å². The molecule has 212 valence electrons. The molecule has 4 aromatic rings. The van der Waals surface area contributed by atoms with E-state index in [1.54, 1.807) is 13.0 Å². The second-order valence-electron chi connectivity index (χ2n) is 9.79. The van der Waals surface area contributed by atoms with Crippen LogP contribution in [0.2, 0.25) is 0 Å². The summed E-state index contributed by atoms with van der Waals surface area (Å²) < 4.78 is 1.94. The van der Waals surface area contributed by atoms with E-state index in [9.17, 15) is 19.5 Å². The van der Waals surface area contributed by atoms with Gasteiger partial charge in [0.2, 0.25) is 0 Å². The van der Waals surface area contributed by atoms with Gasteiger partial charge in [-0.25, -0.2) is 14.4 Å². The summed E-state index contributed by atoms with van der Waals surface area (Å²) in [5, 5.41) is 20.7. The van der Waals surface area contributed by atoms with Gasteiger partial charge in [-0.05, 0) is 37.3 Å². The Morgan fingerprint density at radius 1 is 0.805 bits per heavy atom. The number of aromatic carboxylic acids is 1. The minimum absolute atomic E-state index is 0.0137. The predicted molar refractivity (Wildman–Crippen MR) is 159 cm³/mol. The SMILES string of the molecule is CCCCCC/C(=N\OC(C)=O)c1cn(-c2cc(C(=O)O)c(/C(C)=N/OC(C)=O)c3ccccc23)c2ccccc12. The van der Waals surface area contributed by atoms with Gasteiger partial charge in [0.05, 0.1) is 28.2 Å². The Kier molecular flexibility index (Phi) is 9.29. The van der Waals surface area contributed by atoms with Crippen LogP contribution in [0.5, 0.6) is 0 Å². The Bertz CT molecular complexity index is 1680. The molecule has 9 nitrogen and oxygen atoms in total. The van der Waals surface area contributed by atoms with Gasteiger partial charge in [-0.15, -0.1) is 0 Å². The zero-order valence-electron chi connectivity index (χ0n) is 23.6. The molecular formula is C32H33N3O6. The van der Waals surface area contributed by atoms with Gasteiger partial charge in [0.25, 0.3) is 0 Å². The fourth-order valence-corrected chi connectivity index (χ4v) is 4.97. The molecule has 1 heterocycles. The number of fused-ring (bicyclic) bond motifs is 2. The minimum Gasteiger partial charge on any atom is -0.478 e. The van der Waals surface area contributed by atoms with E-state index in [2.05, 4.69) is 17.2 Å². The van der Waals surface area contributed by atoms with Gasteiger partial charge in [0.15, 0.2) is 0 Å². The molecule has 0 aliphatic carbocycles. The lowest BCUT2D eigenvalue weighted by Crippen LogP contribution is -2.11. The third kappa shape index (κ3) is 6.51. The van der Waals surface area contributed by atoms with E-state index in [1.165, 1.54) is 13.8 Å². The number of carbonyl (C=O) groups excluding carboxylic acids is 2. The zero-order valence-corrected chi connectivity index (χ0v) is 23.6. The molecule has 0 aliphatic rings. The van der Waals surface area contributed by atoms with Crippen molar-refractivity contribution >= 4 is 51.0 Å². The zero-order chi connectivity index (χ0) is 29.5. The van der Waals surface area contributed by atoms with Crippen molar-refractivity contribution in [2.75, 3.05) is 0 Å². The summed E-state index contributed by atoms with van der Waals surface area (Å²) in [6, 6.07) is 16.8. The van der Waals surface area contributed by atoms with Crippen molar-refractivity contribution in [2.45, 2.75) is 59.8 Å². The summed E-state index contributed by atoms with van der Waals surface area (Å²) in [7, 11) is 0. The van der Waals surface area contributed by atoms with E-state index in [0.29, 0.717) is 28.8 Å². The average Bonchev–Trinajstić information content (AvgIpc) is 3.33. The number of carbonyl (C=O) groups is 3. The number of para-hydroxylation sites is 1. The quantitative estimate of drug-likeness (QED) is 0.0920. The summed E-state index contributed by atoms with van der Waals surface area (Å²) in [4.78, 5) is 45.5. The van der Waals surface area contributed by atoms with Crippen LogP contribution in [0.4, 0.5) is 0 Å². The van der Waals surface area contributed by atoms with Crippen LogP contribution >= 0.6 is 0 Å². The topological polar surface area (TPSA) is 120 Å². The lowest BCUT2D eigenvalue weighted by molar-refractivity contribution is -0.141. The number of carboxylic acids is 1. The lowest BCUT2D eigenvalue weighted by Gasteiger charge is -2.16. The van der Waals surface area contributed by atoms with Crippen LogP contribution in [0.15, 0.2) is 71.1 Å². The Balaban J connectivity index is 1.98. The number of oxime groups is 2. The maximum Gasteiger partial charge on any atom is 0.336 e. The molecule has 9 heteroatoms. The van der Waals surface area contributed by atoms with Gasteiger partial charge >= 0.3 is 17.9 Å². The summed E-state index contributed by atoms with van der Waals surface area (Å²) in [6.45, 7) is 6.30. The van der Waals surface area contributed by atoms with Gasteiger partial charge in [-0.3, -0.25) is 0 Å². The fraction of sp³-hybridized carbons (Fsp3) is 0.281. The van der Waals surface area contributed by atoms with Crippen molar-refractivity contribution in [3.63, 3.8) is 0 Å². The van der Waals surface area contributed by atoms with Crippen LogP contribution in [0.25, 0.3) is 27.4 Å². The van der Waals surface area contributed by atoms with Crippen molar-refractivity contribution in [1.82, 2.24) is 4.57 Å². The van der Waals surface area contributed by atoms with Crippen molar-refractivity contribution in [1.29, 1.82) is 0 Å². The van der Waals surface area contributed by atoms with E-state index in [0.717, 1.165) is 47.5 Å².